The van der Waals surface area contributed by atoms with E-state index in [1.807, 2.05) is 50.2 Å². The molecule has 2 aromatic rings. The Kier molecular flexibility index (Phi) is 4.53. The summed E-state index contributed by atoms with van der Waals surface area (Å²) in [6.07, 6.45) is 0.000691. The Morgan fingerprint density at radius 1 is 1.17 bits per heavy atom. The highest BCUT2D eigenvalue weighted by molar-refractivity contribution is 7.89. The van der Waals surface area contributed by atoms with Crippen molar-refractivity contribution < 1.29 is 13.2 Å². The molecule has 0 aliphatic carbocycles. The molecule has 0 spiro atoms. The minimum Gasteiger partial charge on any atom is -0.372 e. The number of ether oxygens (including phenoxy) is 1. The summed E-state index contributed by atoms with van der Waals surface area (Å²) in [6.45, 7) is 4.83. The molecule has 23 heavy (non-hydrogen) atoms. The molecule has 2 atom stereocenters. The van der Waals surface area contributed by atoms with Crippen molar-refractivity contribution in [1.29, 1.82) is 0 Å². The average Bonchev–Trinajstić information content (AvgIpc) is 3.37. The van der Waals surface area contributed by atoms with Crippen molar-refractivity contribution in [3.05, 3.63) is 65.7 Å². The highest BCUT2D eigenvalue weighted by atomic mass is 32.2. The van der Waals surface area contributed by atoms with Crippen molar-refractivity contribution in [2.75, 3.05) is 13.2 Å². The lowest BCUT2D eigenvalue weighted by molar-refractivity contribution is 0.295. The van der Waals surface area contributed by atoms with Crippen LogP contribution in [-0.4, -0.2) is 32.0 Å². The van der Waals surface area contributed by atoms with E-state index in [9.17, 15) is 8.42 Å². The van der Waals surface area contributed by atoms with Crippen LogP contribution in [0.15, 0.2) is 59.5 Å². The summed E-state index contributed by atoms with van der Waals surface area (Å²) in [5, 5.41) is 0. The third kappa shape index (κ3) is 3.63. The zero-order valence-corrected chi connectivity index (χ0v) is 14.2. The molecular formula is C18H21NO3S. The van der Waals surface area contributed by atoms with Crippen LogP contribution in [0.3, 0.4) is 0 Å². The van der Waals surface area contributed by atoms with Crippen molar-refractivity contribution >= 4 is 10.0 Å². The Bertz CT molecular complexity index is 770. The summed E-state index contributed by atoms with van der Waals surface area (Å²) in [7, 11) is -3.57. The van der Waals surface area contributed by atoms with Crippen LogP contribution in [0.1, 0.15) is 24.1 Å². The molecule has 5 heteroatoms. The summed E-state index contributed by atoms with van der Waals surface area (Å²) in [6, 6.07) is 16.5. The van der Waals surface area contributed by atoms with E-state index in [1.54, 1.807) is 22.5 Å². The number of nitrogens with zero attached hydrogens (tertiary/aromatic N) is 1. The van der Waals surface area contributed by atoms with Gasteiger partial charge in [0.25, 0.3) is 0 Å². The number of rotatable bonds is 6. The maximum atomic E-state index is 13.1. The highest BCUT2D eigenvalue weighted by Crippen LogP contribution is 2.29. The summed E-state index contributed by atoms with van der Waals surface area (Å²) >= 11 is 0. The Morgan fingerprint density at radius 3 is 2.48 bits per heavy atom. The zero-order chi connectivity index (χ0) is 16.4. The molecule has 1 aliphatic heterocycles. The minimum absolute atomic E-state index is 0.000691. The quantitative estimate of drug-likeness (QED) is 0.764. The number of benzene rings is 2. The number of hydrogen-bond donors (Lipinski definition) is 0. The molecule has 0 saturated carbocycles. The molecule has 2 unspecified atom stereocenters. The lowest BCUT2D eigenvalue weighted by Crippen LogP contribution is -2.36. The van der Waals surface area contributed by atoms with E-state index < -0.39 is 10.0 Å². The highest BCUT2D eigenvalue weighted by Gasteiger charge is 2.36. The molecule has 4 nitrogen and oxygen atoms in total. The van der Waals surface area contributed by atoms with Gasteiger partial charge in [-0.1, -0.05) is 42.5 Å². The third-order valence-corrected chi connectivity index (χ3v) is 6.03. The van der Waals surface area contributed by atoms with Gasteiger partial charge in [-0.25, -0.2) is 8.42 Å². The Morgan fingerprint density at radius 2 is 1.87 bits per heavy atom. The van der Waals surface area contributed by atoms with E-state index in [0.29, 0.717) is 18.0 Å². The lowest BCUT2D eigenvalue weighted by atomic mass is 10.1. The van der Waals surface area contributed by atoms with Gasteiger partial charge in [0.1, 0.15) is 0 Å². The summed E-state index contributed by atoms with van der Waals surface area (Å²) < 4.78 is 33.1. The van der Waals surface area contributed by atoms with Gasteiger partial charge in [0.15, 0.2) is 0 Å². The first-order valence-corrected chi connectivity index (χ1v) is 9.17. The molecule has 1 saturated heterocycles. The fourth-order valence-corrected chi connectivity index (χ4v) is 4.40. The summed E-state index contributed by atoms with van der Waals surface area (Å²) in [5.74, 6) is 0. The van der Waals surface area contributed by atoms with Gasteiger partial charge in [0, 0.05) is 12.6 Å². The van der Waals surface area contributed by atoms with Crippen molar-refractivity contribution in [3.8, 4) is 0 Å². The van der Waals surface area contributed by atoms with Gasteiger partial charge in [0.05, 0.1) is 17.6 Å². The van der Waals surface area contributed by atoms with Gasteiger partial charge in [-0.3, -0.25) is 0 Å². The smallest absolute Gasteiger partial charge is 0.243 e. The maximum absolute atomic E-state index is 13.1. The van der Waals surface area contributed by atoms with Gasteiger partial charge < -0.3 is 4.74 Å². The molecule has 0 radical (unpaired) electrons. The number of sulfonamides is 1. The van der Waals surface area contributed by atoms with Crippen molar-refractivity contribution in [2.45, 2.75) is 30.9 Å². The second-order valence-corrected chi connectivity index (χ2v) is 7.82. The normalized spacial score (nSPS) is 18.8. The molecule has 122 valence electrons. The molecule has 1 aliphatic rings. The Hall–Kier alpha value is -1.69. The van der Waals surface area contributed by atoms with Crippen molar-refractivity contribution in [3.63, 3.8) is 0 Å². The molecule has 0 N–H and O–H groups in total. The first-order chi connectivity index (χ1) is 11.0. The molecule has 0 amide bonds. The largest absolute Gasteiger partial charge is 0.372 e. The fraction of sp³-hybridized carbons (Fsp3) is 0.333. The SMILES string of the molecule is Cc1cccc(S(=O)(=O)N(CC2CO2)C(C)c2ccccc2)c1. The molecular weight excluding hydrogens is 310 g/mol. The van der Waals surface area contributed by atoms with Gasteiger partial charge in [0.2, 0.25) is 10.0 Å². The first-order valence-electron chi connectivity index (χ1n) is 7.73. The molecule has 3 rings (SSSR count). The first kappa shape index (κ1) is 16.2. The summed E-state index contributed by atoms with van der Waals surface area (Å²) in [5.41, 5.74) is 1.91. The molecule has 1 heterocycles. The molecule has 0 bridgehead atoms. The monoisotopic (exact) mass is 331 g/mol. The summed E-state index contributed by atoms with van der Waals surface area (Å²) in [4.78, 5) is 0.334. The standard InChI is InChI=1S/C18H21NO3S/c1-14-7-6-10-18(11-14)23(20,21)19(12-17-13-22-17)15(2)16-8-4-3-5-9-16/h3-11,15,17H,12-13H2,1-2H3. The third-order valence-electron chi connectivity index (χ3n) is 4.10. The topological polar surface area (TPSA) is 49.9 Å². The van der Waals surface area contributed by atoms with Gasteiger partial charge in [-0.2, -0.15) is 4.31 Å². The molecule has 0 aromatic heterocycles. The van der Waals surface area contributed by atoms with Crippen LogP contribution in [0.2, 0.25) is 0 Å². The maximum Gasteiger partial charge on any atom is 0.243 e. The lowest BCUT2D eigenvalue weighted by Gasteiger charge is -2.28. The van der Waals surface area contributed by atoms with Crippen LogP contribution in [-0.2, 0) is 14.8 Å². The van der Waals surface area contributed by atoms with E-state index in [2.05, 4.69) is 0 Å². The van der Waals surface area contributed by atoms with Crippen LogP contribution in [0.25, 0.3) is 0 Å². The zero-order valence-electron chi connectivity index (χ0n) is 13.3. The van der Waals surface area contributed by atoms with Crippen LogP contribution >= 0.6 is 0 Å². The van der Waals surface area contributed by atoms with E-state index in [-0.39, 0.29) is 12.1 Å². The molecule has 1 fully saturated rings. The predicted octanol–water partition coefficient (Wildman–Crippen LogP) is 3.15. The van der Waals surface area contributed by atoms with Gasteiger partial charge in [-0.15, -0.1) is 0 Å². The molecule has 2 aromatic carbocycles. The van der Waals surface area contributed by atoms with E-state index in [0.717, 1.165) is 11.1 Å². The van der Waals surface area contributed by atoms with Crippen molar-refractivity contribution in [1.82, 2.24) is 4.31 Å². The number of hydrogen-bond acceptors (Lipinski definition) is 3. The fourth-order valence-electron chi connectivity index (χ4n) is 2.65. The van der Waals surface area contributed by atoms with Gasteiger partial charge in [-0.05, 0) is 37.1 Å². The van der Waals surface area contributed by atoms with E-state index >= 15 is 0 Å². The van der Waals surface area contributed by atoms with Crippen molar-refractivity contribution in [2.24, 2.45) is 0 Å². The minimum atomic E-state index is -3.57. The van der Waals surface area contributed by atoms with Crippen LogP contribution in [0.4, 0.5) is 0 Å². The second kappa shape index (κ2) is 6.43. The van der Waals surface area contributed by atoms with Crippen LogP contribution in [0, 0.1) is 6.92 Å². The predicted molar refractivity (Wildman–Crippen MR) is 89.7 cm³/mol. The van der Waals surface area contributed by atoms with Gasteiger partial charge >= 0.3 is 0 Å². The van der Waals surface area contributed by atoms with E-state index in [1.165, 1.54) is 0 Å². The second-order valence-electron chi connectivity index (χ2n) is 5.93. The van der Waals surface area contributed by atoms with Crippen LogP contribution in [0.5, 0.6) is 0 Å². The van der Waals surface area contributed by atoms with Crippen LogP contribution < -0.4 is 0 Å². The Labute approximate surface area is 137 Å². The number of epoxide rings is 1. The number of aryl methyl sites for hydroxylation is 1. The Balaban J connectivity index is 1.98. The average molecular weight is 331 g/mol. The van der Waals surface area contributed by atoms with E-state index in [4.69, 9.17) is 4.74 Å².